The first-order chi connectivity index (χ1) is 16.9. The fourth-order valence-electron chi connectivity index (χ4n) is 4.37. The molecule has 2 aromatic heterocycles. The summed E-state index contributed by atoms with van der Waals surface area (Å²) in [5.74, 6) is 1.59. The van der Waals surface area contributed by atoms with Crippen LogP contribution in [0.25, 0.3) is 10.2 Å². The summed E-state index contributed by atoms with van der Waals surface area (Å²) in [6.07, 6.45) is 0.739. The number of carbonyl (C=O) groups is 1. The Labute approximate surface area is 209 Å². The molecule has 0 aliphatic carbocycles. The standard InChI is InChI=1S/C27H30N6OS/c1-17-5-7-20(8-6-17)15-22-18(2)28-19(3)29-25(22)31-27-30-23-10-9-21(16-24(23)35-27)26(34)33-13-11-32(4)12-14-33/h5-10,16H,11-15H2,1-4H3,(H,28,29,30,31). The second kappa shape index (κ2) is 9.71. The van der Waals surface area contributed by atoms with E-state index in [0.29, 0.717) is 5.56 Å². The van der Waals surface area contributed by atoms with Gasteiger partial charge in [-0.2, -0.15) is 0 Å². The van der Waals surface area contributed by atoms with E-state index in [1.165, 1.54) is 22.5 Å². The third-order valence-corrected chi connectivity index (χ3v) is 7.41. The van der Waals surface area contributed by atoms with E-state index in [1.54, 1.807) is 0 Å². The molecule has 2 aromatic carbocycles. The number of fused-ring (bicyclic) bond motifs is 1. The first-order valence-corrected chi connectivity index (χ1v) is 12.7. The van der Waals surface area contributed by atoms with Gasteiger partial charge in [-0.25, -0.2) is 15.0 Å². The molecule has 1 amide bonds. The van der Waals surface area contributed by atoms with Crippen LogP contribution in [-0.4, -0.2) is 63.9 Å². The van der Waals surface area contributed by atoms with Crippen molar-refractivity contribution in [1.82, 2.24) is 24.8 Å². The Hall–Kier alpha value is -3.36. The lowest BCUT2D eigenvalue weighted by Crippen LogP contribution is -2.47. The molecule has 1 fully saturated rings. The molecule has 0 saturated carbocycles. The number of nitrogens with zero attached hydrogens (tertiary/aromatic N) is 5. The molecule has 5 rings (SSSR count). The number of hydrogen-bond donors (Lipinski definition) is 1. The molecular weight excluding hydrogens is 456 g/mol. The number of anilines is 2. The topological polar surface area (TPSA) is 74.2 Å². The highest BCUT2D eigenvalue weighted by Crippen LogP contribution is 2.31. The van der Waals surface area contributed by atoms with Crippen molar-refractivity contribution in [1.29, 1.82) is 0 Å². The van der Waals surface area contributed by atoms with Gasteiger partial charge in [-0.05, 0) is 51.6 Å². The number of thiazole rings is 1. The van der Waals surface area contributed by atoms with E-state index >= 15 is 0 Å². The lowest BCUT2D eigenvalue weighted by molar-refractivity contribution is 0.0664. The summed E-state index contributed by atoms with van der Waals surface area (Å²) in [6.45, 7) is 9.36. The Morgan fingerprint density at radius 3 is 2.46 bits per heavy atom. The number of likely N-dealkylation sites (N-methyl/N-ethyl adjacent to an activating group) is 1. The molecule has 8 heteroatoms. The van der Waals surface area contributed by atoms with Crippen LogP contribution in [0.3, 0.4) is 0 Å². The molecule has 35 heavy (non-hydrogen) atoms. The summed E-state index contributed by atoms with van der Waals surface area (Å²) in [5, 5.41) is 4.20. The number of hydrogen-bond acceptors (Lipinski definition) is 7. The summed E-state index contributed by atoms with van der Waals surface area (Å²) in [7, 11) is 2.09. The van der Waals surface area contributed by atoms with E-state index in [9.17, 15) is 4.79 Å². The maximum atomic E-state index is 13.0. The molecule has 3 heterocycles. The summed E-state index contributed by atoms with van der Waals surface area (Å²) < 4.78 is 0.982. The van der Waals surface area contributed by atoms with Gasteiger partial charge in [0.05, 0.1) is 10.2 Å². The molecule has 0 atom stereocenters. The average Bonchev–Trinajstić information content (AvgIpc) is 3.24. The van der Waals surface area contributed by atoms with E-state index in [2.05, 4.69) is 53.4 Å². The Morgan fingerprint density at radius 2 is 1.71 bits per heavy atom. The Bertz CT molecular complexity index is 1370. The van der Waals surface area contributed by atoms with Crippen molar-refractivity contribution in [2.75, 3.05) is 38.5 Å². The average molecular weight is 487 g/mol. The van der Waals surface area contributed by atoms with E-state index in [1.807, 2.05) is 36.9 Å². The fraction of sp³-hybridized carbons (Fsp3) is 0.333. The molecule has 0 bridgehead atoms. The van der Waals surface area contributed by atoms with E-state index < -0.39 is 0 Å². The predicted octanol–water partition coefficient (Wildman–Crippen LogP) is 4.73. The second-order valence-electron chi connectivity index (χ2n) is 9.27. The fourth-order valence-corrected chi connectivity index (χ4v) is 5.27. The van der Waals surface area contributed by atoms with Crippen molar-refractivity contribution in [3.63, 3.8) is 0 Å². The van der Waals surface area contributed by atoms with Crippen molar-refractivity contribution < 1.29 is 4.79 Å². The van der Waals surface area contributed by atoms with Crippen molar-refractivity contribution in [2.24, 2.45) is 0 Å². The molecule has 1 saturated heterocycles. The third kappa shape index (κ3) is 5.18. The van der Waals surface area contributed by atoms with Crippen LogP contribution in [0.2, 0.25) is 0 Å². The highest BCUT2D eigenvalue weighted by atomic mass is 32.1. The van der Waals surface area contributed by atoms with Gasteiger partial charge in [-0.1, -0.05) is 41.2 Å². The lowest BCUT2D eigenvalue weighted by Gasteiger charge is -2.32. The summed E-state index contributed by atoms with van der Waals surface area (Å²) in [4.78, 5) is 31.3. The van der Waals surface area contributed by atoms with E-state index in [4.69, 9.17) is 9.97 Å². The number of aromatic nitrogens is 3. The van der Waals surface area contributed by atoms with Gasteiger partial charge in [0.15, 0.2) is 5.13 Å². The zero-order valence-corrected chi connectivity index (χ0v) is 21.4. The monoisotopic (exact) mass is 486 g/mol. The minimum absolute atomic E-state index is 0.0883. The van der Waals surface area contributed by atoms with Crippen LogP contribution >= 0.6 is 11.3 Å². The van der Waals surface area contributed by atoms with Gasteiger partial charge in [0.1, 0.15) is 11.6 Å². The number of rotatable bonds is 5. The van der Waals surface area contributed by atoms with Gasteiger partial charge in [0.25, 0.3) is 5.91 Å². The number of piperazine rings is 1. The van der Waals surface area contributed by atoms with Gasteiger partial charge in [-0.15, -0.1) is 0 Å². The maximum Gasteiger partial charge on any atom is 0.253 e. The summed E-state index contributed by atoms with van der Waals surface area (Å²) in [6, 6.07) is 14.3. The molecule has 4 aromatic rings. The van der Waals surface area contributed by atoms with Crippen LogP contribution < -0.4 is 5.32 Å². The number of carbonyl (C=O) groups excluding carboxylic acids is 1. The van der Waals surface area contributed by atoms with E-state index in [-0.39, 0.29) is 5.91 Å². The Kier molecular flexibility index (Phi) is 6.49. The Balaban J connectivity index is 1.40. The van der Waals surface area contributed by atoms with Gasteiger partial charge < -0.3 is 15.1 Å². The molecule has 1 aliphatic heterocycles. The van der Waals surface area contributed by atoms with Crippen LogP contribution in [0, 0.1) is 20.8 Å². The van der Waals surface area contributed by atoms with Crippen LogP contribution in [0.1, 0.15) is 38.6 Å². The van der Waals surface area contributed by atoms with Crippen molar-refractivity contribution >= 4 is 38.4 Å². The molecule has 0 unspecified atom stereocenters. The predicted molar refractivity (Wildman–Crippen MR) is 142 cm³/mol. The van der Waals surface area contributed by atoms with Crippen molar-refractivity contribution in [3.8, 4) is 0 Å². The minimum atomic E-state index is 0.0883. The summed E-state index contributed by atoms with van der Waals surface area (Å²) >= 11 is 1.54. The van der Waals surface area contributed by atoms with Crippen molar-refractivity contribution in [3.05, 3.63) is 76.2 Å². The number of aryl methyl sites for hydroxylation is 3. The highest BCUT2D eigenvalue weighted by Gasteiger charge is 2.21. The lowest BCUT2D eigenvalue weighted by atomic mass is 10.0. The van der Waals surface area contributed by atoms with Crippen LogP contribution in [0.5, 0.6) is 0 Å². The zero-order chi connectivity index (χ0) is 24.5. The van der Waals surface area contributed by atoms with Crippen LogP contribution in [0.15, 0.2) is 42.5 Å². The smallest absolute Gasteiger partial charge is 0.253 e. The Morgan fingerprint density at radius 1 is 0.971 bits per heavy atom. The zero-order valence-electron chi connectivity index (χ0n) is 20.6. The maximum absolute atomic E-state index is 13.0. The molecule has 0 radical (unpaired) electrons. The third-order valence-electron chi connectivity index (χ3n) is 6.48. The van der Waals surface area contributed by atoms with Crippen LogP contribution in [-0.2, 0) is 6.42 Å². The van der Waals surface area contributed by atoms with Gasteiger partial charge in [-0.3, -0.25) is 4.79 Å². The molecule has 1 N–H and O–H groups in total. The first kappa shape index (κ1) is 23.4. The number of amides is 1. The molecule has 0 spiro atoms. The number of benzene rings is 2. The minimum Gasteiger partial charge on any atom is -0.336 e. The SMILES string of the molecule is Cc1ccc(Cc2c(C)nc(C)nc2Nc2nc3ccc(C(=O)N4CCN(C)CC4)cc3s2)cc1. The molecular formula is C27H30N6OS. The van der Waals surface area contributed by atoms with Crippen LogP contribution in [0.4, 0.5) is 10.9 Å². The summed E-state index contributed by atoms with van der Waals surface area (Å²) in [5.41, 5.74) is 6.06. The first-order valence-electron chi connectivity index (χ1n) is 11.9. The van der Waals surface area contributed by atoms with Gasteiger partial charge in [0, 0.05) is 49.4 Å². The van der Waals surface area contributed by atoms with E-state index in [0.717, 1.165) is 70.8 Å². The second-order valence-corrected chi connectivity index (χ2v) is 10.3. The molecule has 180 valence electrons. The normalized spacial score (nSPS) is 14.5. The largest absolute Gasteiger partial charge is 0.336 e. The van der Waals surface area contributed by atoms with Gasteiger partial charge >= 0.3 is 0 Å². The highest BCUT2D eigenvalue weighted by molar-refractivity contribution is 7.22. The quantitative estimate of drug-likeness (QED) is 0.440. The molecule has 7 nitrogen and oxygen atoms in total. The van der Waals surface area contributed by atoms with Gasteiger partial charge in [0.2, 0.25) is 0 Å². The van der Waals surface area contributed by atoms with Crippen molar-refractivity contribution in [2.45, 2.75) is 27.2 Å². The molecule has 1 aliphatic rings. The number of nitrogens with one attached hydrogen (secondary N) is 1.